The average Bonchev–Trinajstić information content (AvgIpc) is 3.44. The lowest BCUT2D eigenvalue weighted by molar-refractivity contribution is -0.384. The second-order valence-corrected chi connectivity index (χ2v) is 7.38. The number of rotatable bonds is 9. The molecule has 0 aliphatic carbocycles. The van der Waals surface area contributed by atoms with E-state index < -0.39 is 10.9 Å². The van der Waals surface area contributed by atoms with Crippen LogP contribution in [0.4, 0.5) is 5.69 Å². The van der Waals surface area contributed by atoms with Gasteiger partial charge in [-0.15, -0.1) is 10.2 Å². The van der Waals surface area contributed by atoms with Gasteiger partial charge in [-0.1, -0.05) is 17.3 Å². The molecule has 2 heterocycles. The van der Waals surface area contributed by atoms with Gasteiger partial charge in [-0.3, -0.25) is 14.9 Å². The molecule has 2 aromatic heterocycles. The molecule has 4 aromatic rings. The molecule has 11 nitrogen and oxygen atoms in total. The Hall–Kier alpha value is -4.54. The minimum atomic E-state index is -0.496. The number of non-ortho nitro benzene ring substituents is 1. The second-order valence-electron chi connectivity index (χ2n) is 7.38. The molecule has 174 valence electrons. The molecule has 11 heteroatoms. The molecule has 0 atom stereocenters. The third kappa shape index (κ3) is 5.44. The maximum Gasteiger partial charge on any atom is 0.310 e. The fourth-order valence-electron chi connectivity index (χ4n) is 3.08. The molecule has 0 spiro atoms. The van der Waals surface area contributed by atoms with E-state index >= 15 is 0 Å². The van der Waals surface area contributed by atoms with Crippen molar-refractivity contribution in [3.05, 3.63) is 87.1 Å². The monoisotopic (exact) mass is 464 g/mol. The first kappa shape index (κ1) is 22.6. The number of nitro benzene ring substituents is 1. The van der Waals surface area contributed by atoms with Crippen molar-refractivity contribution in [1.82, 2.24) is 15.4 Å². The molecule has 0 amide bonds. The number of nitrogens with zero attached hydrogens (tertiary/aromatic N) is 4. The largest absolute Gasteiger partial charge is 0.489 e. The molecule has 0 saturated carbocycles. The zero-order chi connectivity index (χ0) is 24.1. The van der Waals surface area contributed by atoms with Crippen LogP contribution >= 0.6 is 0 Å². The Morgan fingerprint density at radius 2 is 1.76 bits per heavy atom. The van der Waals surface area contributed by atoms with E-state index in [2.05, 4.69) is 15.4 Å². The van der Waals surface area contributed by atoms with E-state index in [1.807, 2.05) is 13.8 Å². The van der Waals surface area contributed by atoms with Crippen LogP contribution in [0.5, 0.6) is 5.75 Å². The Labute approximate surface area is 193 Å². The van der Waals surface area contributed by atoms with Gasteiger partial charge in [0.1, 0.15) is 18.1 Å². The molecule has 0 saturated heterocycles. The van der Waals surface area contributed by atoms with Crippen LogP contribution in [-0.2, 0) is 29.2 Å². The number of nitro groups is 1. The molecule has 0 aliphatic rings. The molecule has 0 bridgehead atoms. The van der Waals surface area contributed by atoms with Gasteiger partial charge in [0.25, 0.3) is 11.6 Å². The number of carbonyl (C=O) groups is 1. The van der Waals surface area contributed by atoms with E-state index in [-0.39, 0.29) is 30.5 Å². The van der Waals surface area contributed by atoms with Gasteiger partial charge in [0, 0.05) is 17.7 Å². The minimum Gasteiger partial charge on any atom is -0.489 e. The number of aryl methyl sites for hydroxylation is 2. The number of benzene rings is 2. The Morgan fingerprint density at radius 3 is 2.41 bits per heavy atom. The van der Waals surface area contributed by atoms with Crippen molar-refractivity contribution in [3.8, 4) is 17.2 Å². The number of aromatic nitrogens is 3. The summed E-state index contributed by atoms with van der Waals surface area (Å²) in [6.07, 6.45) is 0.0630. The number of ether oxygens (including phenoxy) is 2. The van der Waals surface area contributed by atoms with Crippen molar-refractivity contribution < 1.29 is 28.1 Å². The highest BCUT2D eigenvalue weighted by molar-refractivity contribution is 5.72. The highest BCUT2D eigenvalue weighted by Gasteiger charge is 2.14. The Bertz CT molecular complexity index is 1270. The maximum atomic E-state index is 12.2. The molecule has 0 unspecified atom stereocenters. The quantitative estimate of drug-likeness (QED) is 0.201. The van der Waals surface area contributed by atoms with Crippen molar-refractivity contribution >= 4 is 11.7 Å². The lowest BCUT2D eigenvalue weighted by atomic mass is 10.1. The van der Waals surface area contributed by atoms with Gasteiger partial charge in [-0.25, -0.2) is 0 Å². The van der Waals surface area contributed by atoms with Crippen LogP contribution in [0.25, 0.3) is 11.5 Å². The van der Waals surface area contributed by atoms with Crippen molar-refractivity contribution in [2.24, 2.45) is 0 Å². The van der Waals surface area contributed by atoms with Gasteiger partial charge < -0.3 is 18.4 Å². The fraction of sp³-hybridized carbons (Fsp3) is 0.217. The lowest BCUT2D eigenvalue weighted by Crippen LogP contribution is -2.08. The minimum absolute atomic E-state index is 0.0440. The van der Waals surface area contributed by atoms with Crippen LogP contribution in [0, 0.1) is 24.0 Å². The number of hydrogen-bond acceptors (Lipinski definition) is 10. The van der Waals surface area contributed by atoms with Crippen LogP contribution in [-0.4, -0.2) is 26.2 Å². The highest BCUT2D eigenvalue weighted by atomic mass is 16.6. The predicted octanol–water partition coefficient (Wildman–Crippen LogP) is 4.11. The predicted molar refractivity (Wildman–Crippen MR) is 117 cm³/mol. The summed E-state index contributed by atoms with van der Waals surface area (Å²) in [7, 11) is 0. The number of esters is 1. The summed E-state index contributed by atoms with van der Waals surface area (Å²) in [5, 5.41) is 22.4. The van der Waals surface area contributed by atoms with Gasteiger partial charge in [0.05, 0.1) is 22.6 Å². The zero-order valence-electron chi connectivity index (χ0n) is 18.4. The first-order valence-corrected chi connectivity index (χ1v) is 10.3. The zero-order valence-corrected chi connectivity index (χ0v) is 18.4. The summed E-state index contributed by atoms with van der Waals surface area (Å²) < 4.78 is 21.6. The van der Waals surface area contributed by atoms with Crippen LogP contribution in [0.15, 0.2) is 57.5 Å². The van der Waals surface area contributed by atoms with E-state index in [0.717, 1.165) is 22.6 Å². The fourth-order valence-corrected chi connectivity index (χ4v) is 3.08. The molecule has 0 fully saturated rings. The summed E-state index contributed by atoms with van der Waals surface area (Å²) in [4.78, 5) is 22.4. The molecule has 0 radical (unpaired) electrons. The van der Waals surface area contributed by atoms with E-state index in [1.165, 1.54) is 24.3 Å². The number of carbonyl (C=O) groups excluding carboxylic acids is 1. The molecule has 34 heavy (non-hydrogen) atoms. The number of hydrogen-bond donors (Lipinski definition) is 0. The smallest absolute Gasteiger partial charge is 0.310 e. The van der Waals surface area contributed by atoms with Crippen LogP contribution < -0.4 is 4.74 Å². The Balaban J connectivity index is 1.26. The van der Waals surface area contributed by atoms with Gasteiger partial charge in [0.2, 0.25) is 5.89 Å². The van der Waals surface area contributed by atoms with Crippen molar-refractivity contribution in [3.63, 3.8) is 0 Å². The SMILES string of the molecule is Cc1noc(C)c1COc1ccc(CC(=O)OCc2nnc(-c3ccc([N+](=O)[O-])cc3)o2)cc1. The van der Waals surface area contributed by atoms with Gasteiger partial charge in [-0.05, 0) is 43.7 Å². The topological polar surface area (TPSA) is 144 Å². The van der Waals surface area contributed by atoms with Crippen LogP contribution in [0.3, 0.4) is 0 Å². The second kappa shape index (κ2) is 9.94. The standard InChI is InChI=1S/C23H20N4O7/c1-14-20(15(2)34-26-14)12-31-19-9-3-16(4-10-19)11-22(28)32-13-21-24-25-23(33-21)17-5-7-18(8-6-17)27(29)30/h3-10H,11-13H2,1-2H3. The third-order valence-corrected chi connectivity index (χ3v) is 4.98. The summed E-state index contributed by atoms with van der Waals surface area (Å²) in [6.45, 7) is 3.85. The maximum absolute atomic E-state index is 12.2. The van der Waals surface area contributed by atoms with Gasteiger partial charge >= 0.3 is 5.97 Å². The average molecular weight is 464 g/mol. The highest BCUT2D eigenvalue weighted by Crippen LogP contribution is 2.22. The molecular weight excluding hydrogens is 444 g/mol. The normalized spacial score (nSPS) is 10.8. The first-order chi connectivity index (χ1) is 16.4. The molecule has 0 N–H and O–H groups in total. The first-order valence-electron chi connectivity index (χ1n) is 10.3. The van der Waals surface area contributed by atoms with Crippen molar-refractivity contribution in [2.75, 3.05) is 0 Å². The summed E-state index contributed by atoms with van der Waals surface area (Å²) in [6, 6.07) is 12.8. The molecule has 4 rings (SSSR count). The van der Waals surface area contributed by atoms with Crippen molar-refractivity contribution in [1.29, 1.82) is 0 Å². The Kier molecular flexibility index (Phi) is 6.62. The van der Waals surface area contributed by atoms with Crippen LogP contribution in [0.1, 0.15) is 28.5 Å². The lowest BCUT2D eigenvalue weighted by Gasteiger charge is -2.07. The third-order valence-electron chi connectivity index (χ3n) is 4.98. The summed E-state index contributed by atoms with van der Waals surface area (Å²) in [5.41, 5.74) is 2.93. The van der Waals surface area contributed by atoms with E-state index in [1.54, 1.807) is 24.3 Å². The van der Waals surface area contributed by atoms with Gasteiger partial charge in [0.15, 0.2) is 6.61 Å². The van der Waals surface area contributed by atoms with E-state index in [9.17, 15) is 14.9 Å². The van der Waals surface area contributed by atoms with Gasteiger partial charge in [-0.2, -0.15) is 0 Å². The summed E-state index contributed by atoms with van der Waals surface area (Å²) in [5.74, 6) is 1.21. The molecular formula is C23H20N4O7. The summed E-state index contributed by atoms with van der Waals surface area (Å²) >= 11 is 0. The van der Waals surface area contributed by atoms with Crippen LogP contribution in [0.2, 0.25) is 0 Å². The van der Waals surface area contributed by atoms with Crippen molar-refractivity contribution in [2.45, 2.75) is 33.5 Å². The molecule has 2 aromatic carbocycles. The molecule has 0 aliphatic heterocycles. The van der Waals surface area contributed by atoms with E-state index in [4.69, 9.17) is 18.4 Å². The van der Waals surface area contributed by atoms with E-state index in [0.29, 0.717) is 17.9 Å². The Morgan fingerprint density at radius 1 is 1.03 bits per heavy atom.